The van der Waals surface area contributed by atoms with Gasteiger partial charge in [-0.1, -0.05) is 36.4 Å². The van der Waals surface area contributed by atoms with Crippen LogP contribution in [0.4, 0.5) is 5.69 Å². The van der Waals surface area contributed by atoms with Crippen molar-refractivity contribution in [3.05, 3.63) is 95.3 Å². The first-order valence-corrected chi connectivity index (χ1v) is 11.4. The van der Waals surface area contributed by atoms with Crippen LogP contribution in [0.25, 0.3) is 0 Å². The highest BCUT2D eigenvalue weighted by molar-refractivity contribution is 5.95. The number of aromatic nitrogens is 1. The molecule has 1 aromatic heterocycles. The fraction of sp³-hybridized carbons (Fsp3) is 0.333. The molecule has 3 aromatic rings. The van der Waals surface area contributed by atoms with E-state index in [1.807, 2.05) is 24.3 Å². The smallest absolute Gasteiger partial charge is 0.251 e. The summed E-state index contributed by atoms with van der Waals surface area (Å²) in [5.74, 6) is 2.65. The molecule has 2 N–H and O–H groups in total. The van der Waals surface area contributed by atoms with Gasteiger partial charge in [0.2, 0.25) is 0 Å². The summed E-state index contributed by atoms with van der Waals surface area (Å²) < 4.78 is 0. The summed E-state index contributed by atoms with van der Waals surface area (Å²) in [4.78, 5) is 17.2. The summed E-state index contributed by atoms with van der Waals surface area (Å²) in [6.07, 6.45) is 5.75. The molecule has 5 atom stereocenters. The lowest BCUT2D eigenvalue weighted by Crippen LogP contribution is -2.35. The predicted octanol–water partition coefficient (Wildman–Crippen LogP) is 5.31. The van der Waals surface area contributed by atoms with E-state index in [9.17, 15) is 4.79 Å². The average molecular weight is 410 g/mol. The molecule has 0 radical (unpaired) electrons. The number of fused-ring (bicyclic) bond motifs is 7. The highest BCUT2D eigenvalue weighted by Gasteiger charge is 2.53. The molecule has 3 aliphatic rings. The number of hydrogen-bond acceptors (Lipinski definition) is 3. The number of carbonyl (C=O) groups excluding carboxylic acids is 1. The summed E-state index contributed by atoms with van der Waals surface area (Å²) in [6, 6.07) is 23.2. The zero-order valence-electron chi connectivity index (χ0n) is 17.5. The fourth-order valence-electron chi connectivity index (χ4n) is 6.39. The Morgan fingerprint density at radius 1 is 1.00 bits per heavy atom. The highest BCUT2D eigenvalue weighted by atomic mass is 16.1. The molecule has 31 heavy (non-hydrogen) atoms. The van der Waals surface area contributed by atoms with E-state index in [1.54, 1.807) is 6.20 Å². The SMILES string of the molecule is O=C(NCc1ccccn1)c1ccc2c(c1)[C@H]1[C@H]3CC[C@H](C3)[C@H]1[C@H](c1ccccc1)N2. The van der Waals surface area contributed by atoms with Gasteiger partial charge in [0.25, 0.3) is 5.91 Å². The second-order valence-corrected chi connectivity index (χ2v) is 9.27. The number of carbonyl (C=O) groups is 1. The van der Waals surface area contributed by atoms with E-state index in [2.05, 4.69) is 58.1 Å². The molecule has 2 aliphatic carbocycles. The molecule has 0 unspecified atom stereocenters. The number of nitrogens with zero attached hydrogens (tertiary/aromatic N) is 1. The first-order valence-electron chi connectivity index (χ1n) is 11.4. The Kier molecular flexibility index (Phi) is 4.52. The van der Waals surface area contributed by atoms with Gasteiger partial charge in [-0.15, -0.1) is 0 Å². The Bertz CT molecular complexity index is 1100. The number of hydrogen-bond donors (Lipinski definition) is 2. The lowest BCUT2D eigenvalue weighted by molar-refractivity contribution is 0.0950. The van der Waals surface area contributed by atoms with E-state index < -0.39 is 0 Å². The molecule has 0 saturated heterocycles. The van der Waals surface area contributed by atoms with Crippen LogP contribution in [0, 0.1) is 17.8 Å². The van der Waals surface area contributed by atoms with Crippen LogP contribution in [0.2, 0.25) is 0 Å². The third-order valence-electron chi connectivity index (χ3n) is 7.66. The predicted molar refractivity (Wildman–Crippen MR) is 122 cm³/mol. The summed E-state index contributed by atoms with van der Waals surface area (Å²) in [5, 5.41) is 6.88. The first-order chi connectivity index (χ1) is 15.3. The van der Waals surface area contributed by atoms with Gasteiger partial charge in [-0.2, -0.15) is 0 Å². The van der Waals surface area contributed by atoms with E-state index >= 15 is 0 Å². The van der Waals surface area contributed by atoms with Crippen molar-refractivity contribution in [2.45, 2.75) is 37.8 Å². The Hall–Kier alpha value is -3.14. The number of rotatable bonds is 4. The maximum absolute atomic E-state index is 12.9. The topological polar surface area (TPSA) is 54.0 Å². The Balaban J connectivity index is 1.30. The second kappa shape index (κ2) is 7.52. The van der Waals surface area contributed by atoms with Gasteiger partial charge in [-0.25, -0.2) is 0 Å². The van der Waals surface area contributed by atoms with Crippen molar-refractivity contribution in [1.29, 1.82) is 0 Å². The summed E-state index contributed by atoms with van der Waals surface area (Å²) in [6.45, 7) is 0.446. The molecule has 4 nitrogen and oxygen atoms in total. The number of anilines is 1. The molecule has 1 aliphatic heterocycles. The van der Waals surface area contributed by atoms with Crippen LogP contribution in [0.1, 0.15) is 58.4 Å². The van der Waals surface area contributed by atoms with Gasteiger partial charge in [0, 0.05) is 17.4 Å². The third-order valence-corrected chi connectivity index (χ3v) is 7.66. The van der Waals surface area contributed by atoms with Crippen LogP contribution in [-0.4, -0.2) is 10.9 Å². The van der Waals surface area contributed by atoms with E-state index in [-0.39, 0.29) is 5.91 Å². The molecule has 1 amide bonds. The van der Waals surface area contributed by atoms with Crippen molar-refractivity contribution >= 4 is 11.6 Å². The molecular weight excluding hydrogens is 382 g/mol. The molecule has 2 saturated carbocycles. The minimum absolute atomic E-state index is 0.0293. The van der Waals surface area contributed by atoms with Gasteiger partial charge in [0.15, 0.2) is 0 Å². The molecular formula is C27H27N3O. The van der Waals surface area contributed by atoms with E-state index in [4.69, 9.17) is 0 Å². The van der Waals surface area contributed by atoms with Gasteiger partial charge in [0.05, 0.1) is 18.3 Å². The minimum atomic E-state index is -0.0293. The van der Waals surface area contributed by atoms with E-state index in [0.717, 1.165) is 23.1 Å². The number of benzene rings is 2. The van der Waals surface area contributed by atoms with E-state index in [1.165, 1.54) is 36.1 Å². The van der Waals surface area contributed by atoms with Crippen molar-refractivity contribution in [2.75, 3.05) is 5.32 Å². The molecule has 2 heterocycles. The lowest BCUT2D eigenvalue weighted by atomic mass is 9.68. The number of amides is 1. The van der Waals surface area contributed by atoms with Crippen molar-refractivity contribution < 1.29 is 4.79 Å². The van der Waals surface area contributed by atoms with Crippen molar-refractivity contribution in [3.8, 4) is 0 Å². The van der Waals surface area contributed by atoms with Crippen LogP contribution in [0.15, 0.2) is 72.9 Å². The maximum Gasteiger partial charge on any atom is 0.251 e. The molecule has 2 aromatic carbocycles. The lowest BCUT2D eigenvalue weighted by Gasteiger charge is -2.43. The van der Waals surface area contributed by atoms with Gasteiger partial charge in [-0.3, -0.25) is 9.78 Å². The van der Waals surface area contributed by atoms with E-state index in [0.29, 0.717) is 24.4 Å². The molecule has 156 valence electrons. The Morgan fingerprint density at radius 2 is 1.84 bits per heavy atom. The number of pyridine rings is 1. The minimum Gasteiger partial charge on any atom is -0.378 e. The van der Waals surface area contributed by atoms with Gasteiger partial charge in [-0.05, 0) is 84.4 Å². The second-order valence-electron chi connectivity index (χ2n) is 9.27. The highest BCUT2D eigenvalue weighted by Crippen LogP contribution is 2.63. The van der Waals surface area contributed by atoms with Crippen LogP contribution in [0.5, 0.6) is 0 Å². The number of nitrogens with one attached hydrogen (secondary N) is 2. The maximum atomic E-state index is 12.9. The van der Waals surface area contributed by atoms with Crippen molar-refractivity contribution in [1.82, 2.24) is 10.3 Å². The first kappa shape index (κ1) is 18.6. The summed E-state index contributed by atoms with van der Waals surface area (Å²) in [7, 11) is 0. The summed E-state index contributed by atoms with van der Waals surface area (Å²) in [5.41, 5.74) is 5.54. The normalized spacial score (nSPS) is 27.8. The third kappa shape index (κ3) is 3.21. The standard InChI is InChI=1S/C27H27N3O/c31-27(29-16-21-8-4-5-13-28-21)20-11-12-23-22(15-20)24-18-9-10-19(14-18)25(24)26(30-23)17-6-2-1-3-7-17/h1-8,11-13,15,18-19,24-26,30H,9-10,14,16H2,(H,29,31)/t18-,19+,24+,25+,26-/m0/s1. The van der Waals surface area contributed by atoms with Gasteiger partial charge < -0.3 is 10.6 Å². The molecule has 4 heteroatoms. The molecule has 6 rings (SSSR count). The molecule has 0 spiro atoms. The molecule has 2 bridgehead atoms. The van der Waals surface area contributed by atoms with Gasteiger partial charge >= 0.3 is 0 Å². The largest absolute Gasteiger partial charge is 0.378 e. The van der Waals surface area contributed by atoms with Crippen LogP contribution >= 0.6 is 0 Å². The van der Waals surface area contributed by atoms with Crippen LogP contribution in [0.3, 0.4) is 0 Å². The van der Waals surface area contributed by atoms with Crippen LogP contribution < -0.4 is 10.6 Å². The summed E-state index contributed by atoms with van der Waals surface area (Å²) >= 11 is 0. The fourth-order valence-corrected chi connectivity index (χ4v) is 6.39. The quantitative estimate of drug-likeness (QED) is 0.614. The van der Waals surface area contributed by atoms with Crippen molar-refractivity contribution in [3.63, 3.8) is 0 Å². The Morgan fingerprint density at radius 3 is 2.68 bits per heavy atom. The zero-order chi connectivity index (χ0) is 20.8. The monoisotopic (exact) mass is 409 g/mol. The Labute approximate surface area is 183 Å². The van der Waals surface area contributed by atoms with Gasteiger partial charge in [0.1, 0.15) is 0 Å². The average Bonchev–Trinajstić information content (AvgIpc) is 3.46. The van der Waals surface area contributed by atoms with Crippen molar-refractivity contribution in [2.24, 2.45) is 17.8 Å². The zero-order valence-corrected chi connectivity index (χ0v) is 17.5. The van der Waals surface area contributed by atoms with Crippen LogP contribution in [-0.2, 0) is 6.54 Å². The molecule has 2 fully saturated rings.